The molecule has 2 rings (SSSR count). The Morgan fingerprint density at radius 1 is 1.35 bits per heavy atom. The summed E-state index contributed by atoms with van der Waals surface area (Å²) in [4.78, 5) is 10.3. The van der Waals surface area contributed by atoms with Gasteiger partial charge in [0.1, 0.15) is 0 Å². The van der Waals surface area contributed by atoms with E-state index in [4.69, 9.17) is 5.11 Å². The van der Waals surface area contributed by atoms with Crippen LogP contribution in [0.1, 0.15) is 43.2 Å². The summed E-state index contributed by atoms with van der Waals surface area (Å²) in [5, 5.41) is 10.9. The van der Waals surface area contributed by atoms with E-state index in [0.29, 0.717) is 12.5 Å². The van der Waals surface area contributed by atoms with Gasteiger partial charge in [0.2, 0.25) is 0 Å². The third kappa shape index (κ3) is 4.97. The maximum Gasteiger partial charge on any atom is 0.404 e. The van der Waals surface area contributed by atoms with E-state index in [2.05, 4.69) is 29.3 Å². The van der Waals surface area contributed by atoms with Gasteiger partial charge in [-0.3, -0.25) is 0 Å². The lowest BCUT2D eigenvalue weighted by Crippen LogP contribution is -2.22. The van der Waals surface area contributed by atoms with E-state index >= 15 is 0 Å². The minimum absolute atomic E-state index is 0.493. The third-order valence-corrected chi connectivity index (χ3v) is 3.62. The molecule has 1 fully saturated rings. The maximum atomic E-state index is 10.3. The normalized spacial score (nSPS) is 14.6. The molecule has 1 aromatic carbocycles. The van der Waals surface area contributed by atoms with Gasteiger partial charge in [-0.2, -0.15) is 0 Å². The fourth-order valence-corrected chi connectivity index (χ4v) is 2.55. The van der Waals surface area contributed by atoms with Crippen molar-refractivity contribution < 1.29 is 9.90 Å². The average Bonchev–Trinajstić information content (AvgIpc) is 2.95. The Morgan fingerprint density at radius 3 is 2.90 bits per heavy atom. The van der Waals surface area contributed by atoms with E-state index in [1.807, 2.05) is 12.1 Å². The number of carboxylic acid groups (broad SMARTS) is 1. The summed E-state index contributed by atoms with van der Waals surface area (Å²) in [6.07, 6.45) is 5.85. The Kier molecular flexibility index (Phi) is 5.49. The van der Waals surface area contributed by atoms with E-state index in [1.54, 1.807) is 0 Å². The summed E-state index contributed by atoms with van der Waals surface area (Å²) in [5.41, 5.74) is 2.29. The Bertz CT molecular complexity index is 507. The monoisotopic (exact) mass is 271 g/mol. The van der Waals surface area contributed by atoms with Crippen molar-refractivity contribution in [2.45, 2.75) is 38.5 Å². The summed E-state index contributed by atoms with van der Waals surface area (Å²) in [6.45, 7) is 0.493. The predicted octanol–water partition coefficient (Wildman–Crippen LogP) is 3.43. The van der Waals surface area contributed by atoms with Gasteiger partial charge < -0.3 is 10.4 Å². The number of benzene rings is 1. The standard InChI is InChI=1S/C17H21NO2/c19-17(20)18-12-4-9-15-7-3-8-16(13-15)11-10-14-5-1-2-6-14/h3,7-8,13-14,18H,1-2,4-6,9,12H2,(H,19,20). The lowest BCUT2D eigenvalue weighted by Gasteiger charge is -2.03. The molecule has 0 atom stereocenters. The van der Waals surface area contributed by atoms with Crippen LogP contribution in [0, 0.1) is 17.8 Å². The summed E-state index contributed by atoms with van der Waals surface area (Å²) in [6, 6.07) is 8.25. The minimum atomic E-state index is -0.957. The third-order valence-electron chi connectivity index (χ3n) is 3.62. The van der Waals surface area contributed by atoms with Gasteiger partial charge in [-0.15, -0.1) is 0 Å². The maximum absolute atomic E-state index is 10.3. The van der Waals surface area contributed by atoms with Crippen molar-refractivity contribution in [3.8, 4) is 11.8 Å². The molecule has 1 amide bonds. The molecule has 2 N–H and O–H groups in total. The zero-order chi connectivity index (χ0) is 14.2. The largest absolute Gasteiger partial charge is 0.465 e. The zero-order valence-corrected chi connectivity index (χ0v) is 11.7. The lowest BCUT2D eigenvalue weighted by molar-refractivity contribution is 0.194. The van der Waals surface area contributed by atoms with Gasteiger partial charge in [0.25, 0.3) is 0 Å². The number of rotatable bonds is 4. The molecule has 1 saturated carbocycles. The van der Waals surface area contributed by atoms with Crippen LogP contribution in [0.15, 0.2) is 24.3 Å². The Labute approximate surface area is 120 Å². The van der Waals surface area contributed by atoms with Gasteiger partial charge in [-0.05, 0) is 43.4 Å². The fraction of sp³-hybridized carbons (Fsp3) is 0.471. The Hall–Kier alpha value is -1.95. The Balaban J connectivity index is 1.85. The molecule has 0 bridgehead atoms. The molecular weight excluding hydrogens is 250 g/mol. The number of carbonyl (C=O) groups is 1. The van der Waals surface area contributed by atoms with Crippen molar-refractivity contribution >= 4 is 6.09 Å². The van der Waals surface area contributed by atoms with Crippen LogP contribution in [0.5, 0.6) is 0 Å². The minimum Gasteiger partial charge on any atom is -0.465 e. The van der Waals surface area contributed by atoms with E-state index in [1.165, 1.54) is 31.2 Å². The van der Waals surface area contributed by atoms with Gasteiger partial charge in [-0.1, -0.05) is 36.8 Å². The second-order valence-electron chi connectivity index (χ2n) is 5.29. The molecule has 0 saturated heterocycles. The quantitative estimate of drug-likeness (QED) is 0.651. The number of nitrogens with one attached hydrogen (secondary N) is 1. The first-order valence-electron chi connectivity index (χ1n) is 7.31. The van der Waals surface area contributed by atoms with Gasteiger partial charge in [0.15, 0.2) is 0 Å². The van der Waals surface area contributed by atoms with Crippen molar-refractivity contribution in [2.24, 2.45) is 5.92 Å². The zero-order valence-electron chi connectivity index (χ0n) is 11.7. The van der Waals surface area contributed by atoms with Crippen LogP contribution in [-0.2, 0) is 6.42 Å². The van der Waals surface area contributed by atoms with Crippen molar-refractivity contribution in [1.29, 1.82) is 0 Å². The van der Waals surface area contributed by atoms with Crippen LogP contribution in [0.2, 0.25) is 0 Å². The molecule has 0 radical (unpaired) electrons. The van der Waals surface area contributed by atoms with Crippen LogP contribution < -0.4 is 5.32 Å². The first-order valence-corrected chi connectivity index (χ1v) is 7.31. The Morgan fingerprint density at radius 2 is 2.15 bits per heavy atom. The molecule has 1 aromatic rings. The average molecular weight is 271 g/mol. The fourth-order valence-electron chi connectivity index (χ4n) is 2.55. The molecule has 1 aliphatic carbocycles. The summed E-state index contributed by atoms with van der Waals surface area (Å²) in [7, 11) is 0. The SMILES string of the molecule is O=C(O)NCCCc1cccc(C#CC2CCCC2)c1. The van der Waals surface area contributed by atoms with Gasteiger partial charge >= 0.3 is 6.09 Å². The van der Waals surface area contributed by atoms with Crippen LogP contribution in [0.25, 0.3) is 0 Å². The van der Waals surface area contributed by atoms with Crippen LogP contribution in [0.4, 0.5) is 4.79 Å². The highest BCUT2D eigenvalue weighted by Gasteiger charge is 2.11. The molecular formula is C17H21NO2. The highest BCUT2D eigenvalue weighted by atomic mass is 16.4. The second kappa shape index (κ2) is 7.59. The highest BCUT2D eigenvalue weighted by Crippen LogP contribution is 2.23. The van der Waals surface area contributed by atoms with Crippen molar-refractivity contribution in [2.75, 3.05) is 6.54 Å². The van der Waals surface area contributed by atoms with E-state index < -0.39 is 6.09 Å². The molecule has 20 heavy (non-hydrogen) atoms. The van der Waals surface area contributed by atoms with Gasteiger partial charge in [0, 0.05) is 18.0 Å². The molecule has 0 unspecified atom stereocenters. The van der Waals surface area contributed by atoms with E-state index in [0.717, 1.165) is 18.4 Å². The molecule has 106 valence electrons. The van der Waals surface area contributed by atoms with Gasteiger partial charge in [0.05, 0.1) is 0 Å². The molecule has 1 aliphatic rings. The molecule has 0 aromatic heterocycles. The summed E-state index contributed by atoms with van der Waals surface area (Å²) >= 11 is 0. The molecule has 3 heteroatoms. The number of hydrogen-bond donors (Lipinski definition) is 2. The molecule has 3 nitrogen and oxygen atoms in total. The summed E-state index contributed by atoms with van der Waals surface area (Å²) in [5.74, 6) is 7.22. The number of amides is 1. The first kappa shape index (κ1) is 14.5. The van der Waals surface area contributed by atoms with E-state index in [-0.39, 0.29) is 0 Å². The molecule has 0 heterocycles. The molecule has 0 spiro atoms. The number of aryl methyl sites for hydroxylation is 1. The van der Waals surface area contributed by atoms with Crippen molar-refractivity contribution in [3.05, 3.63) is 35.4 Å². The number of hydrogen-bond acceptors (Lipinski definition) is 1. The lowest BCUT2D eigenvalue weighted by atomic mass is 10.0. The smallest absolute Gasteiger partial charge is 0.404 e. The molecule has 0 aliphatic heterocycles. The summed E-state index contributed by atoms with van der Waals surface area (Å²) < 4.78 is 0. The predicted molar refractivity (Wildman–Crippen MR) is 79.6 cm³/mol. The highest BCUT2D eigenvalue weighted by molar-refractivity contribution is 5.64. The van der Waals surface area contributed by atoms with E-state index in [9.17, 15) is 4.79 Å². The van der Waals surface area contributed by atoms with Gasteiger partial charge in [-0.25, -0.2) is 4.79 Å². The van der Waals surface area contributed by atoms with Crippen LogP contribution in [0.3, 0.4) is 0 Å². The first-order chi connectivity index (χ1) is 9.74. The van der Waals surface area contributed by atoms with Crippen LogP contribution >= 0.6 is 0 Å². The van der Waals surface area contributed by atoms with Crippen molar-refractivity contribution in [3.63, 3.8) is 0 Å². The topological polar surface area (TPSA) is 49.3 Å². The van der Waals surface area contributed by atoms with Crippen LogP contribution in [-0.4, -0.2) is 17.7 Å². The second-order valence-corrected chi connectivity index (χ2v) is 5.29. The van der Waals surface area contributed by atoms with Crippen molar-refractivity contribution in [1.82, 2.24) is 5.32 Å².